The minimum absolute atomic E-state index is 0.479. The Hall–Kier alpha value is -1.14. The number of nitrogens with zero attached hydrogens (tertiary/aromatic N) is 2. The first-order valence-electron chi connectivity index (χ1n) is 3.87. The fourth-order valence-electron chi connectivity index (χ4n) is 0.719. The standard InChI is InChI=1S/C5H9N2.C3H6O3S/c1-6-3-4-7(2)5-6;1-2-3-7(4,5)6/h3-5H,1-2H3;2H,1,3H2,(H,4,5,6)/q+1;/p-1. The van der Waals surface area contributed by atoms with Crippen molar-refractivity contribution in [3.05, 3.63) is 31.4 Å². The second-order valence-corrected chi connectivity index (χ2v) is 4.21. The van der Waals surface area contributed by atoms with Crippen molar-refractivity contribution in [2.24, 2.45) is 14.1 Å². The van der Waals surface area contributed by atoms with Crippen molar-refractivity contribution in [1.82, 2.24) is 4.57 Å². The van der Waals surface area contributed by atoms with Crippen molar-refractivity contribution in [2.75, 3.05) is 5.75 Å². The van der Waals surface area contributed by atoms with Gasteiger partial charge in [-0.15, -0.1) is 6.58 Å². The SMILES string of the molecule is C=CCS(=O)(=O)[O-].Cn1cc[n+](C)c1. The van der Waals surface area contributed by atoms with E-state index in [4.69, 9.17) is 0 Å². The molecule has 0 N–H and O–H groups in total. The summed E-state index contributed by atoms with van der Waals surface area (Å²) in [7, 11) is -0.0422. The molecular formula is C8H14N2O3S. The third-order valence-electron chi connectivity index (χ3n) is 1.22. The van der Waals surface area contributed by atoms with Crippen LogP contribution in [0.5, 0.6) is 0 Å². The molecule has 5 nitrogen and oxygen atoms in total. The molecule has 0 amide bonds. The molecule has 80 valence electrons. The van der Waals surface area contributed by atoms with E-state index in [0.717, 1.165) is 6.08 Å². The highest BCUT2D eigenvalue weighted by Gasteiger charge is 1.87. The van der Waals surface area contributed by atoms with Gasteiger partial charge in [-0.25, -0.2) is 17.6 Å². The molecule has 14 heavy (non-hydrogen) atoms. The Morgan fingerprint density at radius 3 is 2.29 bits per heavy atom. The fraction of sp³-hybridized carbons (Fsp3) is 0.375. The predicted molar refractivity (Wildman–Crippen MR) is 51.4 cm³/mol. The van der Waals surface area contributed by atoms with Crippen molar-refractivity contribution < 1.29 is 17.5 Å². The van der Waals surface area contributed by atoms with Crippen LogP contribution in [-0.4, -0.2) is 23.3 Å². The second kappa shape index (κ2) is 5.56. The molecular weight excluding hydrogens is 204 g/mol. The Labute approximate surface area is 84.0 Å². The summed E-state index contributed by atoms with van der Waals surface area (Å²) < 4.78 is 32.8. The lowest BCUT2D eigenvalue weighted by atomic mass is 10.8. The van der Waals surface area contributed by atoms with Gasteiger partial charge in [0.1, 0.15) is 12.4 Å². The van der Waals surface area contributed by atoms with Crippen LogP contribution in [0.25, 0.3) is 0 Å². The molecule has 0 saturated heterocycles. The number of hydrogen-bond donors (Lipinski definition) is 0. The Morgan fingerprint density at radius 2 is 2.21 bits per heavy atom. The van der Waals surface area contributed by atoms with E-state index in [0.29, 0.717) is 0 Å². The van der Waals surface area contributed by atoms with Crippen LogP contribution in [0.15, 0.2) is 31.4 Å². The third-order valence-corrected chi connectivity index (χ3v) is 1.87. The molecule has 1 rings (SSSR count). The van der Waals surface area contributed by atoms with Crippen molar-refractivity contribution in [1.29, 1.82) is 0 Å². The summed E-state index contributed by atoms with van der Waals surface area (Å²) in [6.45, 7) is 3.07. The van der Waals surface area contributed by atoms with Crippen LogP contribution in [-0.2, 0) is 24.2 Å². The van der Waals surface area contributed by atoms with Crippen LogP contribution in [0.4, 0.5) is 0 Å². The second-order valence-electron chi connectivity index (χ2n) is 2.76. The first-order chi connectivity index (χ1) is 6.35. The minimum atomic E-state index is -4.04. The number of aromatic nitrogens is 2. The van der Waals surface area contributed by atoms with E-state index in [1.54, 1.807) is 0 Å². The quantitative estimate of drug-likeness (QED) is 0.384. The molecule has 0 aromatic carbocycles. The summed E-state index contributed by atoms with van der Waals surface area (Å²) >= 11 is 0. The summed E-state index contributed by atoms with van der Waals surface area (Å²) in [5.41, 5.74) is 0. The van der Waals surface area contributed by atoms with E-state index in [-0.39, 0.29) is 0 Å². The van der Waals surface area contributed by atoms with Crippen molar-refractivity contribution >= 4 is 10.1 Å². The zero-order chi connectivity index (χ0) is 11.2. The maximum atomic E-state index is 9.60. The van der Waals surface area contributed by atoms with Gasteiger partial charge in [0.05, 0.1) is 30.0 Å². The fourth-order valence-corrected chi connectivity index (χ4v) is 1.01. The van der Waals surface area contributed by atoms with Gasteiger partial charge in [0.15, 0.2) is 0 Å². The summed E-state index contributed by atoms with van der Waals surface area (Å²) in [4.78, 5) is 0. The third kappa shape index (κ3) is 7.51. The van der Waals surface area contributed by atoms with Crippen LogP contribution in [0, 0.1) is 0 Å². The Morgan fingerprint density at radius 1 is 1.64 bits per heavy atom. The molecule has 0 aliphatic heterocycles. The highest BCUT2D eigenvalue weighted by atomic mass is 32.2. The van der Waals surface area contributed by atoms with Crippen LogP contribution in [0.2, 0.25) is 0 Å². The summed E-state index contributed by atoms with van der Waals surface area (Å²) in [6.07, 6.45) is 7.06. The lowest BCUT2D eigenvalue weighted by Gasteiger charge is -1.98. The van der Waals surface area contributed by atoms with E-state index in [2.05, 4.69) is 6.58 Å². The normalized spacial score (nSPS) is 10.2. The van der Waals surface area contributed by atoms with E-state index in [9.17, 15) is 13.0 Å². The number of imidazole rings is 1. The molecule has 0 aliphatic rings. The largest absolute Gasteiger partial charge is 0.748 e. The Bertz CT molecular complexity index is 365. The van der Waals surface area contributed by atoms with Gasteiger partial charge in [-0.2, -0.15) is 0 Å². The Balaban J connectivity index is 0.000000241. The summed E-state index contributed by atoms with van der Waals surface area (Å²) in [5.74, 6) is -0.479. The molecule has 6 heteroatoms. The number of rotatable bonds is 2. The van der Waals surface area contributed by atoms with Crippen molar-refractivity contribution in [3.63, 3.8) is 0 Å². The van der Waals surface area contributed by atoms with Crippen molar-refractivity contribution in [3.8, 4) is 0 Å². The highest BCUT2D eigenvalue weighted by molar-refractivity contribution is 7.85. The predicted octanol–water partition coefficient (Wildman–Crippen LogP) is -0.433. The van der Waals surface area contributed by atoms with Gasteiger partial charge in [0, 0.05) is 0 Å². The molecule has 0 unspecified atom stereocenters. The van der Waals surface area contributed by atoms with E-state index >= 15 is 0 Å². The number of aryl methyl sites for hydroxylation is 2. The van der Waals surface area contributed by atoms with Crippen molar-refractivity contribution in [2.45, 2.75) is 0 Å². The molecule has 0 radical (unpaired) electrons. The average Bonchev–Trinajstić information content (AvgIpc) is 2.33. The molecule has 0 atom stereocenters. The zero-order valence-corrected chi connectivity index (χ0v) is 9.07. The van der Waals surface area contributed by atoms with Crippen LogP contribution >= 0.6 is 0 Å². The molecule has 0 bridgehead atoms. The van der Waals surface area contributed by atoms with Gasteiger partial charge < -0.3 is 4.55 Å². The van der Waals surface area contributed by atoms with Crippen LogP contribution in [0.3, 0.4) is 0 Å². The molecule has 0 aliphatic carbocycles. The van der Waals surface area contributed by atoms with Gasteiger partial charge >= 0.3 is 0 Å². The van der Waals surface area contributed by atoms with E-state index in [1.807, 2.05) is 42.0 Å². The molecule has 1 aromatic rings. The summed E-state index contributed by atoms with van der Waals surface area (Å²) in [6, 6.07) is 0. The topological polar surface area (TPSA) is 66.0 Å². The average molecular weight is 218 g/mol. The van der Waals surface area contributed by atoms with Gasteiger partial charge in [-0.1, -0.05) is 6.08 Å². The summed E-state index contributed by atoms with van der Waals surface area (Å²) in [5, 5.41) is 0. The van der Waals surface area contributed by atoms with Gasteiger partial charge in [-0.3, -0.25) is 0 Å². The lowest BCUT2D eigenvalue weighted by Crippen LogP contribution is -2.23. The first kappa shape index (κ1) is 12.9. The monoisotopic (exact) mass is 218 g/mol. The van der Waals surface area contributed by atoms with Crippen LogP contribution in [0.1, 0.15) is 0 Å². The molecule has 1 heterocycles. The van der Waals surface area contributed by atoms with Gasteiger partial charge in [0.2, 0.25) is 6.33 Å². The number of hydrogen-bond acceptors (Lipinski definition) is 3. The smallest absolute Gasteiger partial charge is 0.243 e. The molecule has 1 aromatic heterocycles. The highest BCUT2D eigenvalue weighted by Crippen LogP contribution is 1.78. The minimum Gasteiger partial charge on any atom is -0.748 e. The maximum absolute atomic E-state index is 9.60. The van der Waals surface area contributed by atoms with Gasteiger partial charge in [-0.05, 0) is 0 Å². The lowest BCUT2D eigenvalue weighted by molar-refractivity contribution is -0.670. The molecule has 0 fully saturated rings. The van der Waals surface area contributed by atoms with E-state index in [1.165, 1.54) is 0 Å². The molecule has 0 saturated carbocycles. The Kier molecular flexibility index (Phi) is 5.11. The first-order valence-corrected chi connectivity index (χ1v) is 5.44. The van der Waals surface area contributed by atoms with Gasteiger partial charge in [0.25, 0.3) is 0 Å². The van der Waals surface area contributed by atoms with Crippen LogP contribution < -0.4 is 4.57 Å². The zero-order valence-electron chi connectivity index (χ0n) is 8.25. The molecule has 0 spiro atoms. The maximum Gasteiger partial charge on any atom is 0.243 e. The van der Waals surface area contributed by atoms with E-state index < -0.39 is 15.9 Å².